The molecule has 0 aromatic heterocycles. The normalized spacial score (nSPS) is 10.7. The molecule has 98 valence electrons. The predicted octanol–water partition coefficient (Wildman–Crippen LogP) is -3.25. The van der Waals surface area contributed by atoms with Crippen LogP contribution in [0, 0.1) is 11.8 Å². The number of rotatable bonds is 6. The van der Waals surface area contributed by atoms with E-state index in [1.54, 1.807) is 0 Å². The minimum absolute atomic E-state index is 0.0238. The van der Waals surface area contributed by atoms with Gasteiger partial charge in [-0.1, -0.05) is 0 Å². The third-order valence-electron chi connectivity index (χ3n) is 1.79. The van der Waals surface area contributed by atoms with Crippen LogP contribution in [0.1, 0.15) is 12.8 Å². The van der Waals surface area contributed by atoms with Gasteiger partial charge in [0.15, 0.2) is 0 Å². The van der Waals surface area contributed by atoms with Crippen LogP contribution < -0.4 is 22.5 Å². The lowest BCUT2D eigenvalue weighted by Crippen LogP contribution is -2.42. The van der Waals surface area contributed by atoms with Crippen molar-refractivity contribution in [1.82, 2.24) is 5.32 Å². The summed E-state index contributed by atoms with van der Waals surface area (Å²) in [6, 6.07) is -0.936. The van der Waals surface area contributed by atoms with Crippen LogP contribution in [-0.2, 0) is 19.2 Å². The van der Waals surface area contributed by atoms with Gasteiger partial charge in [0, 0.05) is 12.3 Å². The number of Topliss-reactive ketones (excluding diaryl/α,β-unsaturated/α-hetero) is 1. The fourth-order valence-corrected chi connectivity index (χ4v) is 0.903. The molecule has 0 unspecified atom stereocenters. The Balaban J connectivity index is 4.03. The number of hydrogen-bond donors (Lipinski definition) is 4. The fourth-order valence-electron chi connectivity index (χ4n) is 0.903. The van der Waals surface area contributed by atoms with E-state index in [1.807, 2.05) is 11.8 Å². The van der Waals surface area contributed by atoms with E-state index < -0.39 is 29.5 Å². The molecule has 0 saturated carbocycles. The van der Waals surface area contributed by atoms with Crippen LogP contribution in [0.4, 0.5) is 0 Å². The SMILES string of the molecule is NC(=O)C#CC(=O)CNC(=O)[C@@H](N)CCC(N)=O. The summed E-state index contributed by atoms with van der Waals surface area (Å²) in [5, 5.41) is 2.21. The van der Waals surface area contributed by atoms with E-state index in [-0.39, 0.29) is 19.4 Å². The summed E-state index contributed by atoms with van der Waals surface area (Å²) in [4.78, 5) is 43.1. The zero-order chi connectivity index (χ0) is 14.1. The predicted molar refractivity (Wildman–Crippen MR) is 61.4 cm³/mol. The lowest BCUT2D eigenvalue weighted by molar-refractivity contribution is -0.125. The first-order chi connectivity index (χ1) is 8.32. The molecule has 0 aliphatic carbocycles. The highest BCUT2D eigenvalue weighted by molar-refractivity contribution is 6.05. The molecule has 3 amide bonds. The third kappa shape index (κ3) is 7.84. The Bertz CT molecular complexity index is 421. The van der Waals surface area contributed by atoms with Gasteiger partial charge in [-0.05, 0) is 12.3 Å². The van der Waals surface area contributed by atoms with E-state index in [0.717, 1.165) is 0 Å². The summed E-state index contributed by atoms with van der Waals surface area (Å²) in [5.74, 6) is 0.980. The number of hydrogen-bond acceptors (Lipinski definition) is 5. The van der Waals surface area contributed by atoms with E-state index in [1.165, 1.54) is 0 Å². The van der Waals surface area contributed by atoms with Crippen molar-refractivity contribution in [2.45, 2.75) is 18.9 Å². The first kappa shape index (κ1) is 15.6. The molecule has 18 heavy (non-hydrogen) atoms. The quantitative estimate of drug-likeness (QED) is 0.289. The largest absolute Gasteiger partial charge is 0.370 e. The first-order valence-electron chi connectivity index (χ1n) is 4.98. The molecule has 0 bridgehead atoms. The van der Waals surface area contributed by atoms with Gasteiger partial charge in [0.25, 0.3) is 5.91 Å². The molecule has 0 heterocycles. The second-order valence-electron chi connectivity index (χ2n) is 3.37. The number of carbonyl (C=O) groups excluding carboxylic acids is 4. The minimum Gasteiger partial charge on any atom is -0.370 e. The highest BCUT2D eigenvalue weighted by Crippen LogP contribution is 1.93. The molecule has 0 saturated heterocycles. The number of carbonyl (C=O) groups is 4. The highest BCUT2D eigenvalue weighted by atomic mass is 16.2. The maximum Gasteiger partial charge on any atom is 0.293 e. The van der Waals surface area contributed by atoms with Crippen molar-refractivity contribution < 1.29 is 19.2 Å². The van der Waals surface area contributed by atoms with Crippen molar-refractivity contribution in [3.63, 3.8) is 0 Å². The van der Waals surface area contributed by atoms with Gasteiger partial charge in [0.2, 0.25) is 17.6 Å². The lowest BCUT2D eigenvalue weighted by atomic mass is 10.1. The number of amides is 3. The van der Waals surface area contributed by atoms with Crippen LogP contribution in [0.3, 0.4) is 0 Å². The number of nitrogens with one attached hydrogen (secondary N) is 1. The molecule has 0 spiro atoms. The van der Waals surface area contributed by atoms with Crippen LogP contribution in [-0.4, -0.2) is 36.1 Å². The molecular weight excluding hydrogens is 240 g/mol. The van der Waals surface area contributed by atoms with Crippen molar-refractivity contribution in [3.05, 3.63) is 0 Å². The highest BCUT2D eigenvalue weighted by Gasteiger charge is 2.14. The van der Waals surface area contributed by atoms with Crippen LogP contribution in [0.5, 0.6) is 0 Å². The van der Waals surface area contributed by atoms with Gasteiger partial charge in [0.05, 0.1) is 12.6 Å². The zero-order valence-corrected chi connectivity index (χ0v) is 9.56. The average molecular weight is 254 g/mol. The van der Waals surface area contributed by atoms with Gasteiger partial charge >= 0.3 is 0 Å². The van der Waals surface area contributed by atoms with E-state index in [2.05, 4.69) is 5.32 Å². The van der Waals surface area contributed by atoms with E-state index >= 15 is 0 Å². The fraction of sp³-hybridized carbons (Fsp3) is 0.400. The lowest BCUT2D eigenvalue weighted by Gasteiger charge is -2.09. The Kier molecular flexibility index (Phi) is 6.76. The van der Waals surface area contributed by atoms with Crippen LogP contribution in [0.15, 0.2) is 0 Å². The van der Waals surface area contributed by atoms with Crippen molar-refractivity contribution >= 4 is 23.5 Å². The summed E-state index contributed by atoms with van der Waals surface area (Å²) in [6.45, 7) is -0.386. The third-order valence-corrected chi connectivity index (χ3v) is 1.79. The van der Waals surface area contributed by atoms with Crippen LogP contribution >= 0.6 is 0 Å². The summed E-state index contributed by atoms with van der Waals surface area (Å²) < 4.78 is 0. The summed E-state index contributed by atoms with van der Waals surface area (Å²) >= 11 is 0. The average Bonchev–Trinajstić information content (AvgIpc) is 2.30. The van der Waals surface area contributed by atoms with Crippen molar-refractivity contribution in [3.8, 4) is 11.8 Å². The molecular formula is C10H14N4O4. The molecule has 8 nitrogen and oxygen atoms in total. The molecule has 0 aromatic carbocycles. The number of nitrogens with two attached hydrogens (primary N) is 3. The van der Waals surface area contributed by atoms with E-state index in [0.29, 0.717) is 0 Å². The Morgan fingerprint density at radius 1 is 1.11 bits per heavy atom. The molecule has 0 radical (unpaired) electrons. The zero-order valence-electron chi connectivity index (χ0n) is 9.56. The maximum absolute atomic E-state index is 11.3. The Morgan fingerprint density at radius 2 is 1.72 bits per heavy atom. The van der Waals surface area contributed by atoms with Gasteiger partial charge in [-0.2, -0.15) is 0 Å². The Hall–Kier alpha value is -2.40. The number of ketones is 1. The Morgan fingerprint density at radius 3 is 2.22 bits per heavy atom. The van der Waals surface area contributed by atoms with Gasteiger partial charge in [-0.15, -0.1) is 0 Å². The molecule has 0 aromatic rings. The van der Waals surface area contributed by atoms with Crippen molar-refractivity contribution in [1.29, 1.82) is 0 Å². The standard InChI is InChI=1S/C10H14N4O4/c11-7(2-4-9(13)17)10(18)14-5-6(15)1-3-8(12)16/h7H,2,4-5,11H2,(H2,12,16)(H2,13,17)(H,14,18)/t7-/m0/s1. The Labute approximate surface area is 103 Å². The second kappa shape index (κ2) is 7.81. The van der Waals surface area contributed by atoms with Gasteiger partial charge in [-0.25, -0.2) is 0 Å². The monoisotopic (exact) mass is 254 g/mol. The maximum atomic E-state index is 11.3. The van der Waals surface area contributed by atoms with Crippen LogP contribution in [0.2, 0.25) is 0 Å². The second-order valence-corrected chi connectivity index (χ2v) is 3.37. The van der Waals surface area contributed by atoms with Crippen LogP contribution in [0.25, 0.3) is 0 Å². The molecule has 8 heteroatoms. The molecule has 0 rings (SSSR count). The summed E-state index contributed by atoms with van der Waals surface area (Å²) in [7, 11) is 0. The molecule has 1 atom stereocenters. The van der Waals surface area contributed by atoms with Crippen molar-refractivity contribution in [2.24, 2.45) is 17.2 Å². The molecule has 0 aliphatic heterocycles. The summed E-state index contributed by atoms with van der Waals surface area (Å²) in [6.07, 6.45) is 0.0618. The van der Waals surface area contributed by atoms with E-state index in [4.69, 9.17) is 17.2 Å². The molecule has 7 N–H and O–H groups in total. The minimum atomic E-state index is -0.937. The summed E-state index contributed by atoms with van der Waals surface area (Å²) in [5.41, 5.74) is 15.0. The number of primary amides is 2. The molecule has 0 aliphatic rings. The van der Waals surface area contributed by atoms with Gasteiger partial charge < -0.3 is 22.5 Å². The van der Waals surface area contributed by atoms with Crippen molar-refractivity contribution in [2.75, 3.05) is 6.54 Å². The van der Waals surface area contributed by atoms with Gasteiger partial charge in [-0.3, -0.25) is 19.2 Å². The topological polar surface area (TPSA) is 158 Å². The van der Waals surface area contributed by atoms with E-state index in [9.17, 15) is 19.2 Å². The smallest absolute Gasteiger partial charge is 0.293 e. The first-order valence-corrected chi connectivity index (χ1v) is 4.98. The van der Waals surface area contributed by atoms with Gasteiger partial charge in [0.1, 0.15) is 0 Å². The molecule has 0 fully saturated rings.